The third-order valence-corrected chi connectivity index (χ3v) is 4.86. The molecule has 2 aliphatic heterocycles. The number of nitrogens with one attached hydrogen (secondary N) is 1. The maximum Gasteiger partial charge on any atom is 0.332 e. The van der Waals surface area contributed by atoms with Crippen molar-refractivity contribution in [2.45, 2.75) is 32.1 Å². The molecule has 0 saturated carbocycles. The number of hydrogen-bond donors (Lipinski definition) is 2. The predicted octanol–water partition coefficient (Wildman–Crippen LogP) is -0.401. The van der Waals surface area contributed by atoms with Gasteiger partial charge in [-0.25, -0.2) is 4.79 Å². The van der Waals surface area contributed by atoms with E-state index in [-0.39, 0.29) is 23.6 Å². The fourth-order valence-corrected chi connectivity index (χ4v) is 3.53. The van der Waals surface area contributed by atoms with Crippen molar-refractivity contribution in [2.24, 2.45) is 19.8 Å². The van der Waals surface area contributed by atoms with Crippen LogP contribution in [0.25, 0.3) is 0 Å². The van der Waals surface area contributed by atoms with Crippen LogP contribution >= 0.6 is 0 Å². The number of hydrogen-bond acceptors (Lipinski definition) is 6. The summed E-state index contributed by atoms with van der Waals surface area (Å²) in [4.78, 5) is 29.2. The first-order chi connectivity index (χ1) is 11.5. The van der Waals surface area contributed by atoms with Gasteiger partial charge in [-0.05, 0) is 19.8 Å². The largest absolute Gasteiger partial charge is 0.337 e. The molecule has 2 atom stereocenters. The average Bonchev–Trinajstić information content (AvgIpc) is 2.95. The van der Waals surface area contributed by atoms with E-state index in [0.29, 0.717) is 18.1 Å². The molecule has 3 N–H and O–H groups in total. The Balaban J connectivity index is 2.06. The second-order valence-corrected chi connectivity index (χ2v) is 6.54. The molecule has 132 valence electrons. The normalized spacial score (nSPS) is 24.4. The van der Waals surface area contributed by atoms with Crippen molar-refractivity contribution in [3.8, 4) is 0 Å². The maximum absolute atomic E-state index is 12.7. The van der Waals surface area contributed by atoms with Crippen LogP contribution in [0, 0.1) is 0 Å². The molecule has 1 aromatic heterocycles. The van der Waals surface area contributed by atoms with Gasteiger partial charge in [-0.2, -0.15) is 0 Å². The summed E-state index contributed by atoms with van der Waals surface area (Å²) >= 11 is 0. The number of nitrogens with two attached hydrogens (primary N) is 1. The summed E-state index contributed by atoms with van der Waals surface area (Å²) in [5.74, 6) is 0.580. The number of anilines is 2. The Kier molecular flexibility index (Phi) is 4.51. The van der Waals surface area contributed by atoms with E-state index in [1.165, 1.54) is 11.6 Å². The van der Waals surface area contributed by atoms with Gasteiger partial charge in [0.2, 0.25) is 0 Å². The second kappa shape index (κ2) is 6.45. The number of allylic oxidation sites excluding steroid dienone is 1. The number of nitrogens with zero attached hydrogens (tertiary/aromatic N) is 4. The Morgan fingerprint density at radius 1 is 1.29 bits per heavy atom. The Morgan fingerprint density at radius 2 is 2.04 bits per heavy atom. The molecule has 2 unspecified atom stereocenters. The van der Waals surface area contributed by atoms with Crippen LogP contribution in [0.4, 0.5) is 11.5 Å². The van der Waals surface area contributed by atoms with Crippen LogP contribution < -0.4 is 27.2 Å². The van der Waals surface area contributed by atoms with Crippen LogP contribution in [0.2, 0.25) is 0 Å². The Morgan fingerprint density at radius 3 is 2.71 bits per heavy atom. The third-order valence-electron chi connectivity index (χ3n) is 4.86. The number of piperidine rings is 1. The Labute approximate surface area is 141 Å². The van der Waals surface area contributed by atoms with E-state index < -0.39 is 0 Å². The highest BCUT2D eigenvalue weighted by Gasteiger charge is 2.38. The van der Waals surface area contributed by atoms with Crippen molar-refractivity contribution < 1.29 is 0 Å². The lowest BCUT2D eigenvalue weighted by molar-refractivity contribution is 0.164. The molecular weight excluding hydrogens is 308 g/mol. The van der Waals surface area contributed by atoms with E-state index in [4.69, 9.17) is 5.73 Å². The summed E-state index contributed by atoms with van der Waals surface area (Å²) in [5.41, 5.74) is 6.08. The molecule has 0 bridgehead atoms. The van der Waals surface area contributed by atoms with E-state index in [0.717, 1.165) is 30.5 Å². The topological polar surface area (TPSA) is 88.5 Å². The fourth-order valence-electron chi connectivity index (χ4n) is 3.53. The summed E-state index contributed by atoms with van der Waals surface area (Å²) in [6.07, 6.45) is 5.86. The van der Waals surface area contributed by atoms with Crippen LogP contribution in [0.1, 0.15) is 19.8 Å². The molecular formula is C16H26N6O2. The molecule has 1 saturated heterocycles. The van der Waals surface area contributed by atoms with Gasteiger partial charge in [0, 0.05) is 39.8 Å². The zero-order valence-corrected chi connectivity index (χ0v) is 14.5. The van der Waals surface area contributed by atoms with Gasteiger partial charge in [0.15, 0.2) is 6.29 Å². The monoisotopic (exact) mass is 334 g/mol. The first kappa shape index (κ1) is 16.8. The van der Waals surface area contributed by atoms with Crippen molar-refractivity contribution in [1.82, 2.24) is 14.0 Å². The Hall–Kier alpha value is -2.06. The number of fused-ring (bicyclic) bond motifs is 1. The fraction of sp³-hybridized carbons (Fsp3) is 0.625. The molecule has 0 radical (unpaired) electrons. The van der Waals surface area contributed by atoms with Gasteiger partial charge in [-0.1, -0.05) is 12.2 Å². The molecule has 0 spiro atoms. The lowest BCUT2D eigenvalue weighted by Crippen LogP contribution is -2.56. The standard InChI is InChI=1S/C16H26N6O2/c1-4-5-9-22-12-13(19(2)16(24)20(3)14(12)23)18-15(22)21-8-6-7-11(17)10-21/h4-5,11,15,18H,6-10,17H2,1-3H3/b5-4+. The zero-order valence-electron chi connectivity index (χ0n) is 14.5. The van der Waals surface area contributed by atoms with Crippen LogP contribution in [0.5, 0.6) is 0 Å². The summed E-state index contributed by atoms with van der Waals surface area (Å²) in [6, 6.07) is 0.138. The number of likely N-dealkylation sites (tertiary alicyclic amines) is 1. The Bertz CT molecular complexity index is 765. The van der Waals surface area contributed by atoms with Gasteiger partial charge >= 0.3 is 5.69 Å². The minimum Gasteiger partial charge on any atom is -0.337 e. The van der Waals surface area contributed by atoms with Gasteiger partial charge < -0.3 is 16.0 Å². The van der Waals surface area contributed by atoms with Crippen LogP contribution in [0.15, 0.2) is 21.7 Å². The number of aromatic nitrogens is 2. The molecule has 0 aromatic carbocycles. The quantitative estimate of drug-likeness (QED) is 0.731. The van der Waals surface area contributed by atoms with Crippen molar-refractivity contribution in [1.29, 1.82) is 0 Å². The first-order valence-corrected chi connectivity index (χ1v) is 8.39. The van der Waals surface area contributed by atoms with Crippen LogP contribution in [-0.2, 0) is 14.1 Å². The summed E-state index contributed by atoms with van der Waals surface area (Å²) in [5, 5.41) is 3.37. The molecule has 24 heavy (non-hydrogen) atoms. The van der Waals surface area contributed by atoms with Crippen molar-refractivity contribution >= 4 is 11.5 Å². The minimum absolute atomic E-state index is 0.138. The molecule has 2 aliphatic rings. The molecule has 8 heteroatoms. The van der Waals surface area contributed by atoms with Gasteiger partial charge in [0.1, 0.15) is 11.5 Å². The van der Waals surface area contributed by atoms with Gasteiger partial charge in [-0.15, -0.1) is 0 Å². The highest BCUT2D eigenvalue weighted by atomic mass is 16.2. The van der Waals surface area contributed by atoms with E-state index in [1.807, 2.05) is 24.0 Å². The van der Waals surface area contributed by atoms with Crippen molar-refractivity contribution in [3.63, 3.8) is 0 Å². The van der Waals surface area contributed by atoms with Crippen molar-refractivity contribution in [2.75, 3.05) is 29.9 Å². The number of rotatable bonds is 3. The van der Waals surface area contributed by atoms with Crippen LogP contribution in [0.3, 0.4) is 0 Å². The summed E-state index contributed by atoms with van der Waals surface area (Å²) in [6.45, 7) is 4.24. The maximum atomic E-state index is 12.7. The lowest BCUT2D eigenvalue weighted by Gasteiger charge is -2.39. The van der Waals surface area contributed by atoms with E-state index in [1.54, 1.807) is 7.05 Å². The predicted molar refractivity (Wildman–Crippen MR) is 95.3 cm³/mol. The SMILES string of the molecule is C/C=C/CN1c2c(n(C)c(=O)n(C)c2=O)NC1N1CCCC(N)C1. The first-order valence-electron chi connectivity index (χ1n) is 8.39. The van der Waals surface area contributed by atoms with Gasteiger partial charge in [0.05, 0.1) is 0 Å². The van der Waals surface area contributed by atoms with E-state index in [9.17, 15) is 9.59 Å². The highest BCUT2D eigenvalue weighted by molar-refractivity contribution is 5.72. The molecule has 3 heterocycles. The molecule has 0 amide bonds. The van der Waals surface area contributed by atoms with Gasteiger partial charge in [0.25, 0.3) is 5.56 Å². The van der Waals surface area contributed by atoms with Gasteiger partial charge in [-0.3, -0.25) is 18.8 Å². The third kappa shape index (κ3) is 2.65. The second-order valence-electron chi connectivity index (χ2n) is 6.54. The van der Waals surface area contributed by atoms with Crippen molar-refractivity contribution in [3.05, 3.63) is 33.0 Å². The summed E-state index contributed by atoms with van der Waals surface area (Å²) in [7, 11) is 3.20. The van der Waals surface area contributed by atoms with E-state index >= 15 is 0 Å². The summed E-state index contributed by atoms with van der Waals surface area (Å²) < 4.78 is 2.66. The zero-order chi connectivity index (χ0) is 17.4. The molecule has 3 rings (SSSR count). The molecule has 0 aliphatic carbocycles. The highest BCUT2D eigenvalue weighted by Crippen LogP contribution is 2.32. The molecule has 1 aromatic rings. The molecule has 1 fully saturated rings. The van der Waals surface area contributed by atoms with Crippen LogP contribution in [-0.4, -0.2) is 46.0 Å². The molecule has 8 nitrogen and oxygen atoms in total. The lowest BCUT2D eigenvalue weighted by atomic mass is 10.1. The average molecular weight is 334 g/mol. The smallest absolute Gasteiger partial charge is 0.332 e. The van der Waals surface area contributed by atoms with E-state index in [2.05, 4.69) is 10.2 Å². The minimum atomic E-state index is -0.326.